The highest BCUT2D eigenvalue weighted by Gasteiger charge is 2.22. The van der Waals surface area contributed by atoms with Crippen LogP contribution in [0.3, 0.4) is 0 Å². The van der Waals surface area contributed by atoms with Crippen molar-refractivity contribution in [2.45, 2.75) is 18.9 Å². The molecule has 86 valence electrons. The van der Waals surface area contributed by atoms with Gasteiger partial charge in [-0.25, -0.2) is 0 Å². The topological polar surface area (TPSA) is 59.2 Å². The van der Waals surface area contributed by atoms with Crippen molar-refractivity contribution >= 4 is 17.5 Å². The van der Waals surface area contributed by atoms with Gasteiger partial charge in [-0.15, -0.1) is 0 Å². The Hall–Kier alpha value is -1.13. The number of hydrogen-bond acceptors (Lipinski definition) is 3. The van der Waals surface area contributed by atoms with Crippen LogP contribution in [0.4, 0.5) is 0 Å². The second-order valence-corrected chi connectivity index (χ2v) is 4.39. The van der Waals surface area contributed by atoms with Gasteiger partial charge < -0.3 is 10.6 Å². The number of pyridine rings is 1. The van der Waals surface area contributed by atoms with Gasteiger partial charge in [-0.3, -0.25) is 9.78 Å². The highest BCUT2D eigenvalue weighted by atomic mass is 35.5. The molecule has 2 heterocycles. The third-order valence-electron chi connectivity index (χ3n) is 2.83. The van der Waals surface area contributed by atoms with E-state index in [2.05, 4.69) is 4.98 Å². The molecule has 1 aliphatic rings. The Labute approximate surface area is 99.4 Å². The van der Waals surface area contributed by atoms with Crippen LogP contribution >= 0.6 is 11.6 Å². The summed E-state index contributed by atoms with van der Waals surface area (Å²) in [7, 11) is 0. The maximum atomic E-state index is 12.1. The van der Waals surface area contributed by atoms with Gasteiger partial charge in [0.15, 0.2) is 0 Å². The Morgan fingerprint density at radius 1 is 1.50 bits per heavy atom. The molecule has 2 rings (SSSR count). The predicted molar refractivity (Wildman–Crippen MR) is 62.4 cm³/mol. The molecule has 0 saturated carbocycles. The van der Waals surface area contributed by atoms with Crippen LogP contribution in [-0.2, 0) is 0 Å². The summed E-state index contributed by atoms with van der Waals surface area (Å²) >= 11 is 5.93. The van der Waals surface area contributed by atoms with E-state index in [0.29, 0.717) is 23.7 Å². The van der Waals surface area contributed by atoms with Gasteiger partial charge in [-0.05, 0) is 18.9 Å². The molecule has 1 aliphatic heterocycles. The van der Waals surface area contributed by atoms with Crippen molar-refractivity contribution in [3.8, 4) is 0 Å². The first kappa shape index (κ1) is 11.4. The van der Waals surface area contributed by atoms with Crippen LogP contribution in [0.25, 0.3) is 0 Å². The van der Waals surface area contributed by atoms with Crippen molar-refractivity contribution in [3.05, 3.63) is 29.0 Å². The van der Waals surface area contributed by atoms with Crippen LogP contribution in [0.1, 0.15) is 23.2 Å². The third kappa shape index (κ3) is 2.33. The molecule has 5 heteroatoms. The fraction of sp³-hybridized carbons (Fsp3) is 0.455. The Morgan fingerprint density at radius 3 is 2.81 bits per heavy atom. The molecule has 0 unspecified atom stereocenters. The molecule has 2 N–H and O–H groups in total. The smallest absolute Gasteiger partial charge is 0.255 e. The van der Waals surface area contributed by atoms with Crippen molar-refractivity contribution in [1.29, 1.82) is 0 Å². The van der Waals surface area contributed by atoms with E-state index in [0.717, 1.165) is 12.8 Å². The molecule has 1 aromatic rings. The summed E-state index contributed by atoms with van der Waals surface area (Å²) in [6.07, 6.45) is 4.78. The zero-order chi connectivity index (χ0) is 11.5. The maximum absolute atomic E-state index is 12.1. The van der Waals surface area contributed by atoms with E-state index in [1.54, 1.807) is 17.2 Å². The van der Waals surface area contributed by atoms with Gasteiger partial charge in [0.25, 0.3) is 5.91 Å². The zero-order valence-corrected chi connectivity index (χ0v) is 9.65. The highest BCUT2D eigenvalue weighted by Crippen LogP contribution is 2.18. The quantitative estimate of drug-likeness (QED) is 0.804. The number of nitrogens with two attached hydrogens (primary N) is 1. The van der Waals surface area contributed by atoms with Gasteiger partial charge in [0, 0.05) is 31.5 Å². The molecule has 1 aromatic heterocycles. The van der Waals surface area contributed by atoms with Crippen LogP contribution in [-0.4, -0.2) is 34.9 Å². The fourth-order valence-electron chi connectivity index (χ4n) is 1.82. The molecule has 0 radical (unpaired) electrons. The van der Waals surface area contributed by atoms with Crippen LogP contribution in [0.5, 0.6) is 0 Å². The minimum absolute atomic E-state index is 0.0284. The lowest BCUT2D eigenvalue weighted by Gasteiger charge is -2.30. The van der Waals surface area contributed by atoms with Crippen LogP contribution in [0, 0.1) is 0 Å². The lowest BCUT2D eigenvalue weighted by Crippen LogP contribution is -2.42. The number of piperidine rings is 1. The Morgan fingerprint density at radius 2 is 2.19 bits per heavy atom. The first-order valence-corrected chi connectivity index (χ1v) is 5.70. The summed E-state index contributed by atoms with van der Waals surface area (Å²) in [6, 6.07) is 1.87. The van der Waals surface area contributed by atoms with Gasteiger partial charge in [-0.2, -0.15) is 0 Å². The average Bonchev–Trinajstić information content (AvgIpc) is 2.30. The third-order valence-corrected chi connectivity index (χ3v) is 3.13. The Bertz CT molecular complexity index is 389. The van der Waals surface area contributed by atoms with Crippen molar-refractivity contribution in [1.82, 2.24) is 9.88 Å². The van der Waals surface area contributed by atoms with Gasteiger partial charge in [0.2, 0.25) is 0 Å². The van der Waals surface area contributed by atoms with Crippen molar-refractivity contribution in [3.63, 3.8) is 0 Å². The molecule has 1 amide bonds. The van der Waals surface area contributed by atoms with E-state index in [-0.39, 0.29) is 11.9 Å². The number of amides is 1. The van der Waals surface area contributed by atoms with E-state index >= 15 is 0 Å². The average molecular weight is 240 g/mol. The Kier molecular flexibility index (Phi) is 3.41. The molecule has 16 heavy (non-hydrogen) atoms. The van der Waals surface area contributed by atoms with Gasteiger partial charge in [0.1, 0.15) is 0 Å². The van der Waals surface area contributed by atoms with Crippen molar-refractivity contribution < 1.29 is 4.79 Å². The van der Waals surface area contributed by atoms with Crippen LogP contribution < -0.4 is 5.73 Å². The molecule has 1 saturated heterocycles. The molecule has 0 bridgehead atoms. The van der Waals surface area contributed by atoms with Crippen LogP contribution in [0.15, 0.2) is 18.5 Å². The Balaban J connectivity index is 2.11. The first-order chi connectivity index (χ1) is 7.68. The number of rotatable bonds is 1. The van der Waals surface area contributed by atoms with Crippen molar-refractivity contribution in [2.75, 3.05) is 13.1 Å². The van der Waals surface area contributed by atoms with E-state index in [1.807, 2.05) is 0 Å². The number of carbonyl (C=O) groups is 1. The normalized spacial score (nSPS) is 17.5. The lowest BCUT2D eigenvalue weighted by molar-refractivity contribution is 0.0715. The summed E-state index contributed by atoms with van der Waals surface area (Å²) in [5.74, 6) is -0.0284. The number of carbonyl (C=O) groups excluding carboxylic acids is 1. The van der Waals surface area contributed by atoms with E-state index in [1.165, 1.54) is 6.20 Å². The lowest BCUT2D eigenvalue weighted by atomic mass is 10.1. The first-order valence-electron chi connectivity index (χ1n) is 5.33. The second kappa shape index (κ2) is 4.80. The molecule has 0 spiro atoms. The monoisotopic (exact) mass is 239 g/mol. The summed E-state index contributed by atoms with van der Waals surface area (Å²) in [4.78, 5) is 17.8. The SMILES string of the molecule is NC1CCN(C(=O)c2ccncc2Cl)CC1. The largest absolute Gasteiger partial charge is 0.338 e. The summed E-state index contributed by atoms with van der Waals surface area (Å²) < 4.78 is 0. The molecule has 0 aromatic carbocycles. The maximum Gasteiger partial charge on any atom is 0.255 e. The van der Waals surface area contributed by atoms with Crippen LogP contribution in [0.2, 0.25) is 5.02 Å². The number of nitrogens with zero attached hydrogens (tertiary/aromatic N) is 2. The standard InChI is InChI=1S/C11H14ClN3O/c12-10-7-14-4-1-9(10)11(16)15-5-2-8(13)3-6-15/h1,4,7-8H,2-3,5-6,13H2. The number of halogens is 1. The molecule has 1 fully saturated rings. The summed E-state index contributed by atoms with van der Waals surface area (Å²) in [5, 5.41) is 0.405. The minimum atomic E-state index is -0.0284. The summed E-state index contributed by atoms with van der Waals surface area (Å²) in [5.41, 5.74) is 6.31. The van der Waals surface area contributed by atoms with Crippen molar-refractivity contribution in [2.24, 2.45) is 5.73 Å². The molecule has 0 atom stereocenters. The zero-order valence-electron chi connectivity index (χ0n) is 8.90. The highest BCUT2D eigenvalue weighted by molar-refractivity contribution is 6.33. The van der Waals surface area contributed by atoms with Gasteiger partial charge in [0.05, 0.1) is 10.6 Å². The number of hydrogen-bond donors (Lipinski definition) is 1. The van der Waals surface area contributed by atoms with Gasteiger partial charge in [-0.1, -0.05) is 11.6 Å². The number of likely N-dealkylation sites (tertiary alicyclic amines) is 1. The number of aromatic nitrogens is 1. The fourth-order valence-corrected chi connectivity index (χ4v) is 2.02. The van der Waals surface area contributed by atoms with E-state index < -0.39 is 0 Å². The molecular formula is C11H14ClN3O. The molecular weight excluding hydrogens is 226 g/mol. The summed E-state index contributed by atoms with van der Waals surface area (Å²) in [6.45, 7) is 1.41. The van der Waals surface area contributed by atoms with E-state index in [4.69, 9.17) is 17.3 Å². The predicted octanol–water partition coefficient (Wildman–Crippen LogP) is 1.30. The molecule has 0 aliphatic carbocycles. The minimum Gasteiger partial charge on any atom is -0.338 e. The second-order valence-electron chi connectivity index (χ2n) is 3.99. The molecule has 4 nitrogen and oxygen atoms in total. The van der Waals surface area contributed by atoms with Gasteiger partial charge >= 0.3 is 0 Å². The van der Waals surface area contributed by atoms with E-state index in [9.17, 15) is 4.79 Å².